The highest BCUT2D eigenvalue weighted by Gasteiger charge is 2.50. The van der Waals surface area contributed by atoms with E-state index in [4.69, 9.17) is 9.15 Å². The molecule has 7 heteroatoms. The highest BCUT2D eigenvalue weighted by Crippen LogP contribution is 2.49. The van der Waals surface area contributed by atoms with Crippen molar-refractivity contribution in [2.75, 3.05) is 26.3 Å². The maximum Gasteiger partial charge on any atom is 0.249 e. The number of para-hydroxylation sites is 1. The van der Waals surface area contributed by atoms with Crippen LogP contribution in [0, 0.1) is 5.41 Å². The third-order valence-corrected chi connectivity index (χ3v) is 5.58. The SMILES string of the molecule is OC[C@@]12COc3ccccc3[C@@H]1CN(Cc1nnc(-c3cccnc3)o1)C2. The summed E-state index contributed by atoms with van der Waals surface area (Å²) in [5, 5.41) is 18.5. The molecule has 0 bridgehead atoms. The number of nitrogens with zero attached hydrogens (tertiary/aromatic N) is 4. The van der Waals surface area contributed by atoms with Crippen molar-refractivity contribution in [3.8, 4) is 17.2 Å². The van der Waals surface area contributed by atoms with Gasteiger partial charge in [-0.1, -0.05) is 18.2 Å². The van der Waals surface area contributed by atoms with Gasteiger partial charge in [0.05, 0.1) is 25.3 Å². The van der Waals surface area contributed by atoms with Crippen molar-refractivity contribution < 1.29 is 14.3 Å². The second-order valence-corrected chi connectivity index (χ2v) is 7.31. The molecule has 27 heavy (non-hydrogen) atoms. The van der Waals surface area contributed by atoms with Crippen LogP contribution in [0.4, 0.5) is 0 Å². The van der Waals surface area contributed by atoms with Crippen LogP contribution in [-0.4, -0.2) is 51.5 Å². The average molecular weight is 364 g/mol. The normalized spacial score (nSPS) is 24.3. The van der Waals surface area contributed by atoms with Gasteiger partial charge < -0.3 is 14.3 Å². The zero-order chi connectivity index (χ0) is 18.3. The lowest BCUT2D eigenvalue weighted by Crippen LogP contribution is -2.42. The topological polar surface area (TPSA) is 84.5 Å². The molecule has 5 rings (SSSR count). The van der Waals surface area contributed by atoms with Crippen LogP contribution >= 0.6 is 0 Å². The number of benzene rings is 1. The smallest absolute Gasteiger partial charge is 0.249 e. The van der Waals surface area contributed by atoms with Crippen molar-refractivity contribution in [1.29, 1.82) is 0 Å². The van der Waals surface area contributed by atoms with Gasteiger partial charge in [-0.2, -0.15) is 0 Å². The van der Waals surface area contributed by atoms with E-state index < -0.39 is 0 Å². The molecule has 0 unspecified atom stereocenters. The van der Waals surface area contributed by atoms with Gasteiger partial charge in [0.15, 0.2) is 0 Å². The molecule has 4 heterocycles. The van der Waals surface area contributed by atoms with Crippen molar-refractivity contribution in [3.05, 3.63) is 60.2 Å². The molecular formula is C20H20N4O3. The first-order chi connectivity index (χ1) is 13.3. The maximum absolute atomic E-state index is 10.1. The van der Waals surface area contributed by atoms with E-state index in [1.807, 2.05) is 30.3 Å². The Morgan fingerprint density at radius 2 is 2.11 bits per heavy atom. The van der Waals surface area contributed by atoms with Crippen molar-refractivity contribution in [2.24, 2.45) is 5.41 Å². The van der Waals surface area contributed by atoms with Crippen molar-refractivity contribution in [3.63, 3.8) is 0 Å². The number of fused-ring (bicyclic) bond motifs is 3. The summed E-state index contributed by atoms with van der Waals surface area (Å²) >= 11 is 0. The summed E-state index contributed by atoms with van der Waals surface area (Å²) < 4.78 is 11.8. The summed E-state index contributed by atoms with van der Waals surface area (Å²) in [5.41, 5.74) is 1.68. The average Bonchev–Trinajstić information content (AvgIpc) is 3.34. The molecule has 1 fully saturated rings. The van der Waals surface area contributed by atoms with Gasteiger partial charge in [-0.3, -0.25) is 9.88 Å². The standard InChI is InChI=1S/C20H20N4O3/c25-12-20-11-24(9-16(20)15-5-1-2-6-17(15)26-13-20)10-18-22-23-19(27-18)14-4-3-7-21-8-14/h1-8,16,25H,9-13H2/t16-,20-/m0/s1. The van der Waals surface area contributed by atoms with Gasteiger partial charge in [0.1, 0.15) is 5.75 Å². The summed E-state index contributed by atoms with van der Waals surface area (Å²) in [7, 11) is 0. The number of hydrogen-bond donors (Lipinski definition) is 1. The summed E-state index contributed by atoms with van der Waals surface area (Å²) in [4.78, 5) is 6.34. The van der Waals surface area contributed by atoms with Crippen LogP contribution in [0.5, 0.6) is 5.75 Å². The fraction of sp³-hybridized carbons (Fsp3) is 0.350. The van der Waals surface area contributed by atoms with E-state index in [1.165, 1.54) is 5.56 Å². The van der Waals surface area contributed by atoms with E-state index in [0.29, 0.717) is 24.9 Å². The van der Waals surface area contributed by atoms with Crippen LogP contribution in [0.25, 0.3) is 11.5 Å². The number of aliphatic hydroxyl groups is 1. The number of rotatable bonds is 4. The van der Waals surface area contributed by atoms with Gasteiger partial charge in [0, 0.05) is 36.8 Å². The fourth-order valence-corrected chi connectivity index (χ4v) is 4.21. The number of hydrogen-bond acceptors (Lipinski definition) is 7. The molecule has 138 valence electrons. The maximum atomic E-state index is 10.1. The Labute approximate surface area is 156 Å². The molecule has 2 aliphatic rings. The van der Waals surface area contributed by atoms with Gasteiger partial charge in [0.2, 0.25) is 11.8 Å². The molecule has 1 saturated heterocycles. The number of aromatic nitrogens is 3. The molecule has 0 spiro atoms. The molecule has 0 amide bonds. The first-order valence-electron chi connectivity index (χ1n) is 9.05. The predicted octanol–water partition coefficient (Wildman–Crippen LogP) is 2.10. The van der Waals surface area contributed by atoms with E-state index in [2.05, 4.69) is 26.1 Å². The minimum atomic E-state index is -0.291. The molecule has 2 atom stereocenters. The molecule has 0 aliphatic carbocycles. The van der Waals surface area contributed by atoms with Crippen LogP contribution in [0.1, 0.15) is 17.4 Å². The van der Waals surface area contributed by atoms with Crippen LogP contribution in [0.2, 0.25) is 0 Å². The molecule has 0 saturated carbocycles. The van der Waals surface area contributed by atoms with E-state index in [1.54, 1.807) is 12.4 Å². The minimum Gasteiger partial charge on any atom is -0.493 e. The molecule has 2 aromatic heterocycles. The van der Waals surface area contributed by atoms with Crippen molar-refractivity contribution in [1.82, 2.24) is 20.1 Å². The van der Waals surface area contributed by atoms with E-state index in [-0.39, 0.29) is 17.9 Å². The van der Waals surface area contributed by atoms with Crippen LogP contribution < -0.4 is 4.74 Å². The first kappa shape index (κ1) is 16.4. The summed E-state index contributed by atoms with van der Waals surface area (Å²) in [6, 6.07) is 11.8. The number of pyridine rings is 1. The largest absolute Gasteiger partial charge is 0.493 e. The summed E-state index contributed by atoms with van der Waals surface area (Å²) in [6.45, 7) is 2.71. The molecule has 1 N–H and O–H groups in total. The highest BCUT2D eigenvalue weighted by molar-refractivity contribution is 5.49. The molecule has 1 aromatic carbocycles. The summed E-state index contributed by atoms with van der Waals surface area (Å²) in [6.07, 6.45) is 3.41. The zero-order valence-corrected chi connectivity index (χ0v) is 14.8. The van der Waals surface area contributed by atoms with Gasteiger partial charge in [-0.15, -0.1) is 10.2 Å². The predicted molar refractivity (Wildman–Crippen MR) is 97.0 cm³/mol. The van der Waals surface area contributed by atoms with E-state index in [9.17, 15) is 5.11 Å². The quantitative estimate of drug-likeness (QED) is 0.759. The number of likely N-dealkylation sites (tertiary alicyclic amines) is 1. The Bertz CT molecular complexity index is 945. The lowest BCUT2D eigenvalue weighted by atomic mass is 9.74. The Kier molecular flexibility index (Phi) is 3.91. The number of ether oxygens (including phenoxy) is 1. The molecule has 0 radical (unpaired) electrons. The van der Waals surface area contributed by atoms with Gasteiger partial charge >= 0.3 is 0 Å². The molecular weight excluding hydrogens is 344 g/mol. The Balaban J connectivity index is 1.37. The first-order valence-corrected chi connectivity index (χ1v) is 9.05. The van der Waals surface area contributed by atoms with Gasteiger partial charge in [-0.05, 0) is 23.8 Å². The third kappa shape index (κ3) is 2.79. The summed E-state index contributed by atoms with van der Waals surface area (Å²) in [5.74, 6) is 2.19. The fourth-order valence-electron chi connectivity index (χ4n) is 4.21. The third-order valence-electron chi connectivity index (χ3n) is 5.58. The minimum absolute atomic E-state index is 0.0905. The van der Waals surface area contributed by atoms with Gasteiger partial charge in [-0.25, -0.2) is 0 Å². The molecule has 7 nitrogen and oxygen atoms in total. The molecule has 3 aromatic rings. The monoisotopic (exact) mass is 364 g/mol. The lowest BCUT2D eigenvalue weighted by molar-refractivity contribution is 0.0452. The number of aliphatic hydroxyl groups excluding tert-OH is 1. The van der Waals surface area contributed by atoms with Crippen LogP contribution in [0.15, 0.2) is 53.2 Å². The van der Waals surface area contributed by atoms with Gasteiger partial charge in [0.25, 0.3) is 0 Å². The van der Waals surface area contributed by atoms with E-state index in [0.717, 1.165) is 24.4 Å². The van der Waals surface area contributed by atoms with Crippen molar-refractivity contribution in [2.45, 2.75) is 12.5 Å². The highest BCUT2D eigenvalue weighted by atomic mass is 16.5. The second kappa shape index (κ2) is 6.44. The Morgan fingerprint density at radius 3 is 2.96 bits per heavy atom. The molecule has 2 aliphatic heterocycles. The Morgan fingerprint density at radius 1 is 1.19 bits per heavy atom. The second-order valence-electron chi connectivity index (χ2n) is 7.31. The zero-order valence-electron chi connectivity index (χ0n) is 14.8. The van der Waals surface area contributed by atoms with Crippen molar-refractivity contribution >= 4 is 0 Å². The van der Waals surface area contributed by atoms with Crippen LogP contribution in [-0.2, 0) is 6.54 Å². The van der Waals surface area contributed by atoms with E-state index >= 15 is 0 Å². The lowest BCUT2D eigenvalue weighted by Gasteiger charge is -2.38. The Hall–Kier alpha value is -2.77. The van der Waals surface area contributed by atoms with Crippen LogP contribution in [0.3, 0.4) is 0 Å².